The summed E-state index contributed by atoms with van der Waals surface area (Å²) in [5.74, 6) is 0.775. The van der Waals surface area contributed by atoms with Crippen LogP contribution in [-0.2, 0) is 0 Å². The molecule has 0 aromatic carbocycles. The minimum absolute atomic E-state index is 0.296. The molecule has 0 aliphatic rings. The van der Waals surface area contributed by atoms with Crippen molar-refractivity contribution < 1.29 is 0 Å². The van der Waals surface area contributed by atoms with Gasteiger partial charge in [-0.3, -0.25) is 0 Å². The first kappa shape index (κ1) is 11.5. The molecule has 0 fully saturated rings. The van der Waals surface area contributed by atoms with E-state index in [1.54, 1.807) is 29.8 Å². The van der Waals surface area contributed by atoms with Crippen molar-refractivity contribution in [3.8, 4) is 6.07 Å². The number of hydrogen-bond acceptors (Lipinski definition) is 6. The average molecular weight is 245 g/mol. The summed E-state index contributed by atoms with van der Waals surface area (Å²) in [4.78, 5) is 12.3. The Morgan fingerprint density at radius 2 is 2.35 bits per heavy atom. The van der Waals surface area contributed by atoms with Gasteiger partial charge >= 0.3 is 0 Å². The fourth-order valence-corrected chi connectivity index (χ4v) is 2.01. The normalized spacial score (nSPS) is 11.8. The zero-order valence-electron chi connectivity index (χ0n) is 9.29. The van der Waals surface area contributed by atoms with Crippen molar-refractivity contribution >= 4 is 17.3 Å². The summed E-state index contributed by atoms with van der Waals surface area (Å²) >= 11 is 1.63. The summed E-state index contributed by atoms with van der Waals surface area (Å²) in [7, 11) is 0. The van der Waals surface area contributed by atoms with Gasteiger partial charge in [-0.05, 0) is 6.07 Å². The molecule has 0 aliphatic heterocycles. The molecule has 17 heavy (non-hydrogen) atoms. The van der Waals surface area contributed by atoms with Gasteiger partial charge in [0.25, 0.3) is 0 Å². The minimum atomic E-state index is 0.296. The standard InChI is InChI=1S/C11H11N5S/c1-8(10-13-4-5-17-10)7-15-11-14-3-2-9(6-12)16-11/h2-5,8H,7H2,1H3,(H,14,15,16). The molecule has 1 atom stereocenters. The maximum atomic E-state index is 8.71. The smallest absolute Gasteiger partial charge is 0.223 e. The highest BCUT2D eigenvalue weighted by molar-refractivity contribution is 7.09. The van der Waals surface area contributed by atoms with E-state index in [0.717, 1.165) is 5.01 Å². The van der Waals surface area contributed by atoms with Crippen LogP contribution in [0.4, 0.5) is 5.95 Å². The molecular weight excluding hydrogens is 234 g/mol. The fourth-order valence-electron chi connectivity index (χ4n) is 1.32. The highest BCUT2D eigenvalue weighted by Crippen LogP contribution is 2.17. The largest absolute Gasteiger partial charge is 0.353 e. The van der Waals surface area contributed by atoms with Crippen molar-refractivity contribution in [3.63, 3.8) is 0 Å². The summed E-state index contributed by atoms with van der Waals surface area (Å²) in [6.07, 6.45) is 3.37. The second-order valence-corrected chi connectivity index (χ2v) is 4.46. The quantitative estimate of drug-likeness (QED) is 0.892. The lowest BCUT2D eigenvalue weighted by Gasteiger charge is -2.09. The Labute approximate surface area is 103 Å². The van der Waals surface area contributed by atoms with Crippen molar-refractivity contribution in [2.24, 2.45) is 0 Å². The van der Waals surface area contributed by atoms with Crippen LogP contribution in [0.5, 0.6) is 0 Å². The van der Waals surface area contributed by atoms with Crippen LogP contribution in [0.2, 0.25) is 0 Å². The lowest BCUT2D eigenvalue weighted by atomic mass is 10.2. The van der Waals surface area contributed by atoms with E-state index in [2.05, 4.69) is 27.2 Å². The van der Waals surface area contributed by atoms with E-state index in [4.69, 9.17) is 5.26 Å². The number of aromatic nitrogens is 3. The number of rotatable bonds is 4. The molecule has 5 nitrogen and oxygen atoms in total. The first-order chi connectivity index (χ1) is 8.29. The highest BCUT2D eigenvalue weighted by atomic mass is 32.1. The maximum absolute atomic E-state index is 8.71. The number of nitrogens with zero attached hydrogens (tertiary/aromatic N) is 4. The zero-order valence-corrected chi connectivity index (χ0v) is 10.1. The topological polar surface area (TPSA) is 74.5 Å². The summed E-state index contributed by atoms with van der Waals surface area (Å²) < 4.78 is 0. The van der Waals surface area contributed by atoms with Gasteiger partial charge < -0.3 is 5.32 Å². The van der Waals surface area contributed by atoms with E-state index in [0.29, 0.717) is 24.1 Å². The van der Waals surface area contributed by atoms with Crippen LogP contribution >= 0.6 is 11.3 Å². The molecule has 2 rings (SSSR count). The molecule has 0 spiro atoms. The molecule has 0 bridgehead atoms. The van der Waals surface area contributed by atoms with E-state index >= 15 is 0 Å². The van der Waals surface area contributed by atoms with Crippen molar-refractivity contribution in [1.29, 1.82) is 5.26 Å². The monoisotopic (exact) mass is 245 g/mol. The van der Waals surface area contributed by atoms with Crippen molar-refractivity contribution in [1.82, 2.24) is 15.0 Å². The van der Waals surface area contributed by atoms with Gasteiger partial charge in [0.2, 0.25) is 5.95 Å². The average Bonchev–Trinajstić information content (AvgIpc) is 2.90. The van der Waals surface area contributed by atoms with Gasteiger partial charge in [-0.1, -0.05) is 6.92 Å². The molecule has 2 heterocycles. The van der Waals surface area contributed by atoms with Gasteiger partial charge in [-0.2, -0.15) is 5.26 Å². The van der Waals surface area contributed by atoms with Gasteiger partial charge in [0.05, 0.1) is 5.01 Å². The van der Waals surface area contributed by atoms with E-state index in [1.165, 1.54) is 0 Å². The maximum Gasteiger partial charge on any atom is 0.223 e. The van der Waals surface area contributed by atoms with E-state index in [-0.39, 0.29) is 0 Å². The van der Waals surface area contributed by atoms with Gasteiger partial charge in [-0.15, -0.1) is 11.3 Å². The third-order valence-electron chi connectivity index (χ3n) is 2.21. The first-order valence-electron chi connectivity index (χ1n) is 5.16. The van der Waals surface area contributed by atoms with E-state index in [9.17, 15) is 0 Å². The fraction of sp³-hybridized carbons (Fsp3) is 0.273. The van der Waals surface area contributed by atoms with E-state index < -0.39 is 0 Å². The second-order valence-electron chi connectivity index (χ2n) is 3.53. The van der Waals surface area contributed by atoms with Crippen LogP contribution in [0.25, 0.3) is 0 Å². The highest BCUT2D eigenvalue weighted by Gasteiger charge is 2.08. The summed E-state index contributed by atoms with van der Waals surface area (Å²) in [5, 5.41) is 14.8. The van der Waals surface area contributed by atoms with Gasteiger partial charge in [0, 0.05) is 30.2 Å². The van der Waals surface area contributed by atoms with Crippen LogP contribution in [0.3, 0.4) is 0 Å². The molecule has 0 saturated heterocycles. The number of anilines is 1. The third-order valence-corrected chi connectivity index (χ3v) is 3.22. The molecule has 0 amide bonds. The van der Waals surface area contributed by atoms with Gasteiger partial charge in [-0.25, -0.2) is 15.0 Å². The molecule has 1 N–H and O–H groups in total. The molecular formula is C11H11N5S. The predicted molar refractivity (Wildman–Crippen MR) is 65.8 cm³/mol. The van der Waals surface area contributed by atoms with Crippen LogP contribution in [0, 0.1) is 11.3 Å². The SMILES string of the molecule is CC(CNc1nccc(C#N)n1)c1nccs1. The molecule has 1 unspecified atom stereocenters. The van der Waals surface area contributed by atoms with Gasteiger partial charge in [0.15, 0.2) is 0 Å². The summed E-state index contributed by atoms with van der Waals surface area (Å²) in [6, 6.07) is 3.56. The summed E-state index contributed by atoms with van der Waals surface area (Å²) in [5.41, 5.74) is 0.365. The molecule has 0 saturated carbocycles. The van der Waals surface area contributed by atoms with Crippen molar-refractivity contribution in [2.75, 3.05) is 11.9 Å². The molecule has 2 aromatic rings. The first-order valence-corrected chi connectivity index (χ1v) is 6.04. The van der Waals surface area contributed by atoms with Crippen molar-refractivity contribution in [2.45, 2.75) is 12.8 Å². The number of nitrogens with one attached hydrogen (secondary N) is 1. The Bertz CT molecular complexity index is 517. The third kappa shape index (κ3) is 2.98. The molecule has 2 aromatic heterocycles. The summed E-state index contributed by atoms with van der Waals surface area (Å²) in [6.45, 7) is 2.78. The zero-order chi connectivity index (χ0) is 12.1. The molecule has 6 heteroatoms. The Hall–Kier alpha value is -2.00. The lowest BCUT2D eigenvalue weighted by Crippen LogP contribution is -2.12. The van der Waals surface area contributed by atoms with Crippen LogP contribution < -0.4 is 5.32 Å². The molecule has 86 valence electrons. The molecule has 0 radical (unpaired) electrons. The van der Waals surface area contributed by atoms with E-state index in [1.807, 2.05) is 11.4 Å². The second kappa shape index (κ2) is 5.37. The van der Waals surface area contributed by atoms with Crippen LogP contribution in [-0.4, -0.2) is 21.5 Å². The Kier molecular flexibility index (Phi) is 3.62. The molecule has 0 aliphatic carbocycles. The van der Waals surface area contributed by atoms with Crippen LogP contribution in [0.1, 0.15) is 23.5 Å². The lowest BCUT2D eigenvalue weighted by molar-refractivity contribution is 0.787. The van der Waals surface area contributed by atoms with Gasteiger partial charge in [0.1, 0.15) is 11.8 Å². The Balaban J connectivity index is 1.96. The number of nitriles is 1. The Morgan fingerprint density at radius 3 is 3.06 bits per heavy atom. The minimum Gasteiger partial charge on any atom is -0.353 e. The van der Waals surface area contributed by atoms with Crippen molar-refractivity contribution in [3.05, 3.63) is 34.5 Å². The Morgan fingerprint density at radius 1 is 1.47 bits per heavy atom. The number of thiazole rings is 1. The number of hydrogen-bond donors (Lipinski definition) is 1. The predicted octanol–water partition coefficient (Wildman–Crippen LogP) is 2.02. The van der Waals surface area contributed by atoms with Crippen LogP contribution in [0.15, 0.2) is 23.8 Å².